The molecule has 7 heteroatoms. The Morgan fingerprint density at radius 3 is 2.86 bits per heavy atom. The molecule has 2 heterocycles. The van der Waals surface area contributed by atoms with Crippen molar-refractivity contribution in [1.82, 2.24) is 4.98 Å². The Bertz CT molecular complexity index is 1090. The van der Waals surface area contributed by atoms with Gasteiger partial charge in [0.25, 0.3) is 5.91 Å². The van der Waals surface area contributed by atoms with Gasteiger partial charge in [-0.25, -0.2) is 4.98 Å². The molecule has 2 N–H and O–H groups in total. The molecule has 1 aliphatic heterocycles. The molecule has 0 bridgehead atoms. The molecule has 0 saturated carbocycles. The molecule has 144 valence electrons. The largest absolute Gasteiger partial charge is 0.486 e. The molecule has 0 unspecified atom stereocenters. The van der Waals surface area contributed by atoms with E-state index in [-0.39, 0.29) is 5.91 Å². The standard InChI is InChI=1S/C22H18N4O3/c23-13-17-6-3-9-24-21(17)25-14-15-4-1-5-16(12-15)22(27)26-18-7-2-8-19-20(18)29-11-10-28-19/h1-9,12H,10-11,14H2,(H,24,25)(H,26,27). The van der Waals surface area contributed by atoms with Crippen molar-refractivity contribution in [2.24, 2.45) is 0 Å². The van der Waals surface area contributed by atoms with E-state index in [0.717, 1.165) is 5.56 Å². The average molecular weight is 386 g/mol. The number of aromatic nitrogens is 1. The lowest BCUT2D eigenvalue weighted by Gasteiger charge is -2.21. The van der Waals surface area contributed by atoms with Crippen molar-refractivity contribution in [3.8, 4) is 17.6 Å². The van der Waals surface area contributed by atoms with Gasteiger partial charge in [0, 0.05) is 18.3 Å². The van der Waals surface area contributed by atoms with Crippen LogP contribution in [0.3, 0.4) is 0 Å². The van der Waals surface area contributed by atoms with Crippen molar-refractivity contribution in [2.75, 3.05) is 23.8 Å². The van der Waals surface area contributed by atoms with Crippen LogP contribution in [0.25, 0.3) is 0 Å². The fraction of sp³-hybridized carbons (Fsp3) is 0.136. The summed E-state index contributed by atoms with van der Waals surface area (Å²) < 4.78 is 11.2. The quantitative estimate of drug-likeness (QED) is 0.696. The molecule has 1 aliphatic rings. The summed E-state index contributed by atoms with van der Waals surface area (Å²) in [7, 11) is 0. The number of rotatable bonds is 5. The van der Waals surface area contributed by atoms with Gasteiger partial charge >= 0.3 is 0 Å². The Morgan fingerprint density at radius 2 is 1.97 bits per heavy atom. The first-order chi connectivity index (χ1) is 14.2. The molecular weight excluding hydrogens is 368 g/mol. The minimum Gasteiger partial charge on any atom is -0.486 e. The summed E-state index contributed by atoms with van der Waals surface area (Å²) >= 11 is 0. The second kappa shape index (κ2) is 8.31. The molecule has 0 fully saturated rings. The normalized spacial score (nSPS) is 12.0. The number of carbonyl (C=O) groups is 1. The highest BCUT2D eigenvalue weighted by Gasteiger charge is 2.17. The van der Waals surface area contributed by atoms with Crippen LogP contribution in [-0.2, 0) is 6.54 Å². The maximum Gasteiger partial charge on any atom is 0.255 e. The summed E-state index contributed by atoms with van der Waals surface area (Å²) in [5.74, 6) is 1.43. The van der Waals surface area contributed by atoms with Gasteiger partial charge in [-0.05, 0) is 42.0 Å². The second-order valence-corrected chi connectivity index (χ2v) is 6.35. The third kappa shape index (κ3) is 4.12. The highest BCUT2D eigenvalue weighted by Crippen LogP contribution is 2.37. The van der Waals surface area contributed by atoms with E-state index in [4.69, 9.17) is 14.7 Å². The van der Waals surface area contributed by atoms with E-state index < -0.39 is 0 Å². The van der Waals surface area contributed by atoms with E-state index in [2.05, 4.69) is 21.7 Å². The average Bonchev–Trinajstić information content (AvgIpc) is 2.78. The first kappa shape index (κ1) is 18.3. The Balaban J connectivity index is 1.47. The van der Waals surface area contributed by atoms with Gasteiger partial charge in [-0.3, -0.25) is 4.79 Å². The summed E-state index contributed by atoms with van der Waals surface area (Å²) in [6.07, 6.45) is 1.62. The van der Waals surface area contributed by atoms with Gasteiger partial charge in [0.1, 0.15) is 25.1 Å². The van der Waals surface area contributed by atoms with Crippen molar-refractivity contribution < 1.29 is 14.3 Å². The minimum absolute atomic E-state index is 0.245. The van der Waals surface area contributed by atoms with Crippen LogP contribution in [0.2, 0.25) is 0 Å². The molecule has 7 nitrogen and oxygen atoms in total. The topological polar surface area (TPSA) is 96.3 Å². The maximum absolute atomic E-state index is 12.7. The van der Waals surface area contributed by atoms with Crippen LogP contribution < -0.4 is 20.1 Å². The number of hydrogen-bond donors (Lipinski definition) is 2. The Hall–Kier alpha value is -4.05. The van der Waals surface area contributed by atoms with Gasteiger partial charge in [-0.15, -0.1) is 0 Å². The first-order valence-corrected chi connectivity index (χ1v) is 9.12. The maximum atomic E-state index is 12.7. The number of carbonyl (C=O) groups excluding carboxylic acids is 1. The van der Waals surface area contributed by atoms with E-state index in [1.807, 2.05) is 24.3 Å². The van der Waals surface area contributed by atoms with E-state index in [9.17, 15) is 4.79 Å². The summed E-state index contributed by atoms with van der Waals surface area (Å²) in [4.78, 5) is 16.9. The zero-order valence-electron chi connectivity index (χ0n) is 15.5. The van der Waals surface area contributed by atoms with Crippen molar-refractivity contribution in [1.29, 1.82) is 5.26 Å². The molecule has 1 amide bonds. The predicted molar refractivity (Wildman–Crippen MR) is 108 cm³/mol. The van der Waals surface area contributed by atoms with Crippen LogP contribution in [-0.4, -0.2) is 24.1 Å². The van der Waals surface area contributed by atoms with E-state index in [1.165, 1.54) is 0 Å². The van der Waals surface area contributed by atoms with Crippen LogP contribution in [0.15, 0.2) is 60.8 Å². The molecule has 3 aromatic rings. The summed E-state index contributed by atoms with van der Waals surface area (Å²) in [5.41, 5.74) is 2.45. The molecule has 4 rings (SSSR count). The number of nitriles is 1. The van der Waals surface area contributed by atoms with Gasteiger partial charge in [0.15, 0.2) is 11.5 Å². The predicted octanol–water partition coefficient (Wildman–Crippen LogP) is 3.59. The lowest BCUT2D eigenvalue weighted by molar-refractivity contribution is 0.102. The van der Waals surface area contributed by atoms with Crippen LogP contribution in [0.1, 0.15) is 21.5 Å². The van der Waals surface area contributed by atoms with Crippen molar-refractivity contribution in [2.45, 2.75) is 6.54 Å². The fourth-order valence-electron chi connectivity index (χ4n) is 3.01. The van der Waals surface area contributed by atoms with E-state index >= 15 is 0 Å². The van der Waals surface area contributed by atoms with Crippen molar-refractivity contribution >= 4 is 17.4 Å². The van der Waals surface area contributed by atoms with Gasteiger partial charge in [0.05, 0.1) is 11.3 Å². The number of fused-ring (bicyclic) bond motifs is 1. The monoisotopic (exact) mass is 386 g/mol. The third-order valence-electron chi connectivity index (χ3n) is 4.39. The first-order valence-electron chi connectivity index (χ1n) is 9.12. The number of para-hydroxylation sites is 1. The number of hydrogen-bond acceptors (Lipinski definition) is 6. The highest BCUT2D eigenvalue weighted by molar-refractivity contribution is 6.05. The number of anilines is 2. The van der Waals surface area contributed by atoms with Gasteiger partial charge in [-0.1, -0.05) is 18.2 Å². The molecule has 0 aliphatic carbocycles. The molecule has 0 saturated heterocycles. The molecule has 0 atom stereocenters. The zero-order chi connectivity index (χ0) is 20.1. The van der Waals surface area contributed by atoms with Gasteiger partial charge in [0.2, 0.25) is 0 Å². The number of nitrogens with zero attached hydrogens (tertiary/aromatic N) is 2. The Labute approximate surface area is 167 Å². The minimum atomic E-state index is -0.245. The Morgan fingerprint density at radius 1 is 1.10 bits per heavy atom. The lowest BCUT2D eigenvalue weighted by Crippen LogP contribution is -2.18. The van der Waals surface area contributed by atoms with Crippen LogP contribution in [0, 0.1) is 11.3 Å². The summed E-state index contributed by atoms with van der Waals surface area (Å²) in [6.45, 7) is 1.37. The number of ether oxygens (including phenoxy) is 2. The van der Waals surface area contributed by atoms with Crippen molar-refractivity contribution in [3.05, 3.63) is 77.5 Å². The number of nitrogens with one attached hydrogen (secondary N) is 2. The number of benzene rings is 2. The molecule has 2 aromatic carbocycles. The summed E-state index contributed by atoms with van der Waals surface area (Å²) in [6, 6.07) is 18.2. The molecule has 0 spiro atoms. The van der Waals surface area contributed by atoms with E-state index in [0.29, 0.717) is 53.9 Å². The second-order valence-electron chi connectivity index (χ2n) is 6.35. The SMILES string of the molecule is N#Cc1cccnc1NCc1cccc(C(=O)Nc2cccc3c2OCCO3)c1. The Kier molecular flexibility index (Phi) is 5.25. The fourth-order valence-corrected chi connectivity index (χ4v) is 3.01. The molecular formula is C22H18N4O3. The highest BCUT2D eigenvalue weighted by atomic mass is 16.6. The zero-order valence-corrected chi connectivity index (χ0v) is 15.5. The van der Waals surface area contributed by atoms with Crippen LogP contribution >= 0.6 is 0 Å². The summed E-state index contributed by atoms with van der Waals surface area (Å²) in [5, 5.41) is 15.2. The third-order valence-corrected chi connectivity index (χ3v) is 4.39. The molecule has 1 aromatic heterocycles. The van der Waals surface area contributed by atoms with Gasteiger partial charge < -0.3 is 20.1 Å². The van der Waals surface area contributed by atoms with Gasteiger partial charge in [-0.2, -0.15) is 5.26 Å². The van der Waals surface area contributed by atoms with E-state index in [1.54, 1.807) is 36.5 Å². The lowest BCUT2D eigenvalue weighted by atomic mass is 10.1. The number of pyridine rings is 1. The smallest absolute Gasteiger partial charge is 0.255 e. The number of amides is 1. The van der Waals surface area contributed by atoms with Crippen molar-refractivity contribution in [3.63, 3.8) is 0 Å². The van der Waals surface area contributed by atoms with Crippen LogP contribution in [0.4, 0.5) is 11.5 Å². The van der Waals surface area contributed by atoms with Crippen LogP contribution in [0.5, 0.6) is 11.5 Å². The molecule has 29 heavy (non-hydrogen) atoms. The molecule has 0 radical (unpaired) electrons.